The molecule has 20 heavy (non-hydrogen) atoms. The van der Waals surface area contributed by atoms with Crippen LogP contribution in [0.4, 0.5) is 11.4 Å². The average molecular weight is 284 g/mol. The Morgan fingerprint density at radius 2 is 2.10 bits per heavy atom. The quantitative estimate of drug-likeness (QED) is 0.847. The summed E-state index contributed by atoms with van der Waals surface area (Å²) in [4.78, 5) is 13.6. The molecule has 102 valence electrons. The largest absolute Gasteiger partial charge is 0.384 e. The lowest BCUT2D eigenvalue weighted by Gasteiger charge is -2.11. The van der Waals surface area contributed by atoms with Gasteiger partial charge in [0.05, 0.1) is 5.92 Å². The minimum Gasteiger partial charge on any atom is -0.384 e. The molecule has 0 spiro atoms. The average Bonchev–Trinajstić information content (AvgIpc) is 2.91. The summed E-state index contributed by atoms with van der Waals surface area (Å²) in [5.74, 6) is -0.0789. The van der Waals surface area contributed by atoms with Crippen LogP contribution in [0.2, 0.25) is 0 Å². The minimum absolute atomic E-state index is 0.0423. The number of hydrogen-bond acceptors (Lipinski definition) is 3. The second-order valence-electron chi connectivity index (χ2n) is 4.74. The van der Waals surface area contributed by atoms with Gasteiger partial charge in [-0.25, -0.2) is 0 Å². The summed E-state index contributed by atoms with van der Waals surface area (Å²) in [6, 6.07) is 15.9. The first-order valence-corrected chi connectivity index (χ1v) is 7.78. The molecular weight excluding hydrogens is 268 g/mol. The Morgan fingerprint density at radius 3 is 2.95 bits per heavy atom. The number of rotatable bonds is 3. The molecule has 2 aromatic rings. The van der Waals surface area contributed by atoms with Gasteiger partial charge in [0.25, 0.3) is 0 Å². The number of carbonyl (C=O) groups is 1. The highest BCUT2D eigenvalue weighted by Gasteiger charge is 2.28. The lowest BCUT2D eigenvalue weighted by molar-refractivity contribution is -0.117. The number of fused-ring (bicyclic) bond motifs is 1. The lowest BCUT2D eigenvalue weighted by atomic mass is 10.0. The molecule has 1 heterocycles. The molecule has 1 aliphatic rings. The van der Waals surface area contributed by atoms with Gasteiger partial charge in [-0.2, -0.15) is 0 Å². The van der Waals surface area contributed by atoms with E-state index in [0.717, 1.165) is 21.8 Å². The predicted octanol–water partition coefficient (Wildman–Crippen LogP) is 3.56. The maximum absolute atomic E-state index is 12.4. The summed E-state index contributed by atoms with van der Waals surface area (Å²) in [6.45, 7) is 0.660. The van der Waals surface area contributed by atoms with Crippen molar-refractivity contribution in [1.29, 1.82) is 0 Å². The molecule has 0 radical (unpaired) electrons. The van der Waals surface area contributed by atoms with Gasteiger partial charge in [0.2, 0.25) is 5.91 Å². The first kappa shape index (κ1) is 13.1. The maximum Gasteiger partial charge on any atom is 0.233 e. The van der Waals surface area contributed by atoms with Gasteiger partial charge >= 0.3 is 0 Å². The molecule has 1 unspecified atom stereocenters. The Balaban J connectivity index is 1.77. The van der Waals surface area contributed by atoms with Crippen molar-refractivity contribution < 1.29 is 4.79 Å². The topological polar surface area (TPSA) is 41.1 Å². The van der Waals surface area contributed by atoms with Crippen molar-refractivity contribution in [1.82, 2.24) is 0 Å². The molecule has 0 bridgehead atoms. The first-order valence-electron chi connectivity index (χ1n) is 6.55. The standard InChI is InChI=1S/C16H16N2OS/c1-20-12-6-4-5-11(9-12)18-16(19)14-10-17-15-8-3-2-7-13(14)15/h2-9,14,17H,10H2,1H3,(H,18,19). The van der Waals surface area contributed by atoms with Crippen LogP contribution in [-0.4, -0.2) is 18.7 Å². The van der Waals surface area contributed by atoms with Gasteiger partial charge in [0.15, 0.2) is 0 Å². The zero-order chi connectivity index (χ0) is 13.9. The molecule has 3 rings (SSSR count). The highest BCUT2D eigenvalue weighted by atomic mass is 32.2. The van der Waals surface area contributed by atoms with Crippen LogP contribution in [0.15, 0.2) is 53.4 Å². The van der Waals surface area contributed by atoms with E-state index in [-0.39, 0.29) is 11.8 Å². The van der Waals surface area contributed by atoms with Crippen LogP contribution in [0.3, 0.4) is 0 Å². The molecule has 1 atom stereocenters. The van der Waals surface area contributed by atoms with E-state index >= 15 is 0 Å². The summed E-state index contributed by atoms with van der Waals surface area (Å²) < 4.78 is 0. The molecule has 2 N–H and O–H groups in total. The van der Waals surface area contributed by atoms with Crippen LogP contribution in [0.25, 0.3) is 0 Å². The van der Waals surface area contributed by atoms with E-state index in [2.05, 4.69) is 10.6 Å². The zero-order valence-corrected chi connectivity index (χ0v) is 12.0. The number of amides is 1. The Morgan fingerprint density at radius 1 is 1.25 bits per heavy atom. The van der Waals surface area contributed by atoms with E-state index in [0.29, 0.717) is 6.54 Å². The summed E-state index contributed by atoms with van der Waals surface area (Å²) in [5.41, 5.74) is 2.99. The van der Waals surface area contributed by atoms with Crippen LogP contribution < -0.4 is 10.6 Å². The number of thioether (sulfide) groups is 1. The number of nitrogens with one attached hydrogen (secondary N) is 2. The van der Waals surface area contributed by atoms with Gasteiger partial charge in [-0.3, -0.25) is 4.79 Å². The smallest absolute Gasteiger partial charge is 0.233 e. The molecular formula is C16H16N2OS. The van der Waals surface area contributed by atoms with Crippen LogP contribution in [0, 0.1) is 0 Å². The number of para-hydroxylation sites is 1. The van der Waals surface area contributed by atoms with Crippen molar-refractivity contribution in [2.24, 2.45) is 0 Å². The normalized spacial score (nSPS) is 16.4. The van der Waals surface area contributed by atoms with Crippen molar-refractivity contribution >= 4 is 29.0 Å². The van der Waals surface area contributed by atoms with Crippen LogP contribution >= 0.6 is 11.8 Å². The van der Waals surface area contributed by atoms with Gasteiger partial charge < -0.3 is 10.6 Å². The van der Waals surface area contributed by atoms with E-state index in [9.17, 15) is 4.79 Å². The fourth-order valence-corrected chi connectivity index (χ4v) is 2.91. The van der Waals surface area contributed by atoms with Crippen molar-refractivity contribution in [2.75, 3.05) is 23.4 Å². The van der Waals surface area contributed by atoms with E-state index in [1.54, 1.807) is 11.8 Å². The first-order chi connectivity index (χ1) is 9.78. The Labute approximate surface area is 122 Å². The van der Waals surface area contributed by atoms with Gasteiger partial charge in [-0.1, -0.05) is 24.3 Å². The minimum atomic E-state index is -0.121. The maximum atomic E-state index is 12.4. The number of carbonyl (C=O) groups excluding carboxylic acids is 1. The van der Waals surface area contributed by atoms with E-state index in [4.69, 9.17) is 0 Å². The van der Waals surface area contributed by atoms with Crippen molar-refractivity contribution in [3.8, 4) is 0 Å². The summed E-state index contributed by atoms with van der Waals surface area (Å²) in [7, 11) is 0. The van der Waals surface area contributed by atoms with Crippen LogP contribution in [0.5, 0.6) is 0 Å². The van der Waals surface area contributed by atoms with Crippen LogP contribution in [0.1, 0.15) is 11.5 Å². The number of anilines is 2. The van der Waals surface area contributed by atoms with Crippen molar-refractivity contribution in [3.05, 3.63) is 54.1 Å². The molecule has 2 aromatic carbocycles. The lowest BCUT2D eigenvalue weighted by Crippen LogP contribution is -2.22. The molecule has 4 heteroatoms. The number of benzene rings is 2. The fourth-order valence-electron chi connectivity index (χ4n) is 2.45. The highest BCUT2D eigenvalue weighted by molar-refractivity contribution is 7.98. The Bertz CT molecular complexity index is 642. The summed E-state index contributed by atoms with van der Waals surface area (Å²) in [6.07, 6.45) is 2.03. The van der Waals surface area contributed by atoms with E-state index in [1.165, 1.54) is 0 Å². The third kappa shape index (κ3) is 2.51. The van der Waals surface area contributed by atoms with Gasteiger partial charge in [0, 0.05) is 22.8 Å². The predicted molar refractivity (Wildman–Crippen MR) is 84.5 cm³/mol. The summed E-state index contributed by atoms with van der Waals surface area (Å²) >= 11 is 1.67. The monoisotopic (exact) mass is 284 g/mol. The van der Waals surface area contributed by atoms with Crippen molar-refractivity contribution in [2.45, 2.75) is 10.8 Å². The number of hydrogen-bond donors (Lipinski definition) is 2. The molecule has 0 aromatic heterocycles. The third-order valence-corrected chi connectivity index (χ3v) is 4.21. The zero-order valence-electron chi connectivity index (χ0n) is 11.2. The highest BCUT2D eigenvalue weighted by Crippen LogP contribution is 2.32. The molecule has 0 fully saturated rings. The molecule has 1 amide bonds. The molecule has 0 saturated heterocycles. The molecule has 1 aliphatic heterocycles. The second-order valence-corrected chi connectivity index (χ2v) is 5.62. The third-order valence-electron chi connectivity index (χ3n) is 3.49. The molecule has 0 saturated carbocycles. The van der Waals surface area contributed by atoms with E-state index < -0.39 is 0 Å². The molecule has 3 nitrogen and oxygen atoms in total. The van der Waals surface area contributed by atoms with E-state index in [1.807, 2.05) is 54.8 Å². The SMILES string of the molecule is CSc1cccc(NC(=O)C2CNc3ccccc32)c1. The molecule has 0 aliphatic carbocycles. The summed E-state index contributed by atoms with van der Waals surface area (Å²) in [5, 5.41) is 6.28. The van der Waals surface area contributed by atoms with Crippen molar-refractivity contribution in [3.63, 3.8) is 0 Å². The van der Waals surface area contributed by atoms with Gasteiger partial charge in [-0.05, 0) is 36.1 Å². The van der Waals surface area contributed by atoms with Gasteiger partial charge in [0.1, 0.15) is 0 Å². The second kappa shape index (κ2) is 5.59. The van der Waals surface area contributed by atoms with Crippen LogP contribution in [-0.2, 0) is 4.79 Å². The Hall–Kier alpha value is -1.94. The van der Waals surface area contributed by atoms with Gasteiger partial charge in [-0.15, -0.1) is 11.8 Å². The Kier molecular flexibility index (Phi) is 3.65. The fraction of sp³-hybridized carbons (Fsp3) is 0.188.